The van der Waals surface area contributed by atoms with E-state index in [0.29, 0.717) is 13.2 Å². The summed E-state index contributed by atoms with van der Waals surface area (Å²) in [6, 6.07) is 0. The van der Waals surface area contributed by atoms with Crippen LogP contribution in [0.25, 0.3) is 0 Å². The maximum atomic E-state index is 11.5. The lowest BCUT2D eigenvalue weighted by Gasteiger charge is -2.25. The topological polar surface area (TPSA) is 29.5 Å². The Morgan fingerprint density at radius 2 is 2.40 bits per heavy atom. The van der Waals surface area contributed by atoms with Gasteiger partial charge in [0.05, 0.1) is 13.2 Å². The first-order valence-corrected chi connectivity index (χ1v) is 5.31. The van der Waals surface area contributed by atoms with E-state index in [4.69, 9.17) is 4.74 Å². The average Bonchev–Trinajstić information content (AvgIpc) is 2.29. The number of ether oxygens (including phenoxy) is 1. The second-order valence-electron chi connectivity index (χ2n) is 3.64. The Balaban J connectivity index is 2.06. The molecule has 2 rings (SSSR count). The monoisotopic (exact) mass is 205 g/mol. The lowest BCUT2D eigenvalue weighted by molar-refractivity contribution is 0.124. The van der Waals surface area contributed by atoms with Crippen LogP contribution in [0.2, 0.25) is 0 Å². The number of amides is 1. The van der Waals surface area contributed by atoms with E-state index in [9.17, 15) is 4.79 Å². The summed E-state index contributed by atoms with van der Waals surface area (Å²) in [6.45, 7) is 2.92. The summed E-state index contributed by atoms with van der Waals surface area (Å²) >= 11 is 0. The fourth-order valence-electron chi connectivity index (χ4n) is 1.83. The van der Waals surface area contributed by atoms with Gasteiger partial charge in [-0.25, -0.2) is 4.79 Å². The summed E-state index contributed by atoms with van der Waals surface area (Å²) in [5, 5.41) is 0. The van der Waals surface area contributed by atoms with Gasteiger partial charge in [-0.05, 0) is 37.0 Å². The van der Waals surface area contributed by atoms with Gasteiger partial charge < -0.3 is 4.74 Å². The van der Waals surface area contributed by atoms with E-state index in [-0.39, 0.29) is 6.09 Å². The van der Waals surface area contributed by atoms with Crippen molar-refractivity contribution in [1.29, 1.82) is 0 Å². The molecule has 0 saturated heterocycles. The zero-order valence-electron chi connectivity index (χ0n) is 8.90. The third-order valence-corrected chi connectivity index (χ3v) is 2.62. The maximum absolute atomic E-state index is 11.5. The van der Waals surface area contributed by atoms with Gasteiger partial charge in [0.15, 0.2) is 0 Å². The van der Waals surface area contributed by atoms with Crippen molar-refractivity contribution in [2.24, 2.45) is 0 Å². The van der Waals surface area contributed by atoms with Crippen molar-refractivity contribution in [1.82, 2.24) is 4.90 Å². The molecule has 0 N–H and O–H groups in total. The molecule has 80 valence electrons. The van der Waals surface area contributed by atoms with Crippen LogP contribution in [0.15, 0.2) is 35.6 Å². The lowest BCUT2D eigenvalue weighted by Crippen LogP contribution is -2.31. The SMILES string of the molecule is CCOC(=O)N1C=CC2=C(CCC=C2)C1. The van der Waals surface area contributed by atoms with Gasteiger partial charge in [0.25, 0.3) is 0 Å². The number of carbonyl (C=O) groups is 1. The summed E-state index contributed by atoms with van der Waals surface area (Å²) < 4.78 is 4.96. The van der Waals surface area contributed by atoms with Gasteiger partial charge in [0, 0.05) is 6.20 Å². The van der Waals surface area contributed by atoms with Crippen molar-refractivity contribution in [3.63, 3.8) is 0 Å². The van der Waals surface area contributed by atoms with E-state index in [2.05, 4.69) is 12.2 Å². The van der Waals surface area contributed by atoms with E-state index in [0.717, 1.165) is 12.8 Å². The molecule has 0 unspecified atom stereocenters. The van der Waals surface area contributed by atoms with E-state index in [1.807, 2.05) is 13.0 Å². The normalized spacial score (nSPS) is 19.1. The quantitative estimate of drug-likeness (QED) is 0.658. The summed E-state index contributed by atoms with van der Waals surface area (Å²) in [5.41, 5.74) is 2.58. The molecular formula is C12H15NO2. The smallest absolute Gasteiger partial charge is 0.414 e. The van der Waals surface area contributed by atoms with Gasteiger partial charge in [0.1, 0.15) is 0 Å². The summed E-state index contributed by atoms with van der Waals surface area (Å²) in [6.07, 6.45) is 9.93. The van der Waals surface area contributed by atoms with Crippen molar-refractivity contribution in [2.45, 2.75) is 19.8 Å². The molecule has 0 aromatic carbocycles. The zero-order valence-corrected chi connectivity index (χ0v) is 8.90. The molecule has 0 saturated carbocycles. The van der Waals surface area contributed by atoms with Crippen LogP contribution in [0.5, 0.6) is 0 Å². The average molecular weight is 205 g/mol. The minimum absolute atomic E-state index is 0.255. The summed E-state index contributed by atoms with van der Waals surface area (Å²) in [7, 11) is 0. The molecule has 3 heteroatoms. The molecule has 1 aliphatic carbocycles. The highest BCUT2D eigenvalue weighted by atomic mass is 16.6. The van der Waals surface area contributed by atoms with Gasteiger partial charge in [-0.1, -0.05) is 12.2 Å². The molecule has 0 aromatic rings. The standard InChI is InChI=1S/C12H15NO2/c1-2-15-12(14)13-8-7-10-5-3-4-6-11(10)9-13/h3,5,7-8H,2,4,6,9H2,1H3. The predicted molar refractivity (Wildman–Crippen MR) is 58.3 cm³/mol. The number of hydrogen-bond donors (Lipinski definition) is 0. The van der Waals surface area contributed by atoms with Crippen LogP contribution in [0.3, 0.4) is 0 Å². The molecule has 2 aliphatic rings. The van der Waals surface area contributed by atoms with Gasteiger partial charge in [-0.2, -0.15) is 0 Å². The molecule has 1 aliphatic heterocycles. The van der Waals surface area contributed by atoms with Crippen LogP contribution in [0.4, 0.5) is 4.79 Å². The highest BCUT2D eigenvalue weighted by molar-refractivity contribution is 5.70. The Kier molecular flexibility index (Phi) is 2.90. The molecule has 0 fully saturated rings. The van der Waals surface area contributed by atoms with Crippen molar-refractivity contribution >= 4 is 6.09 Å². The molecule has 15 heavy (non-hydrogen) atoms. The fraction of sp³-hybridized carbons (Fsp3) is 0.417. The Hall–Kier alpha value is -1.51. The first-order chi connectivity index (χ1) is 7.31. The lowest BCUT2D eigenvalue weighted by atomic mass is 9.95. The molecule has 0 spiro atoms. The van der Waals surface area contributed by atoms with Crippen LogP contribution >= 0.6 is 0 Å². The molecule has 0 radical (unpaired) electrons. The van der Waals surface area contributed by atoms with Crippen molar-refractivity contribution in [3.8, 4) is 0 Å². The Labute approximate surface area is 89.7 Å². The van der Waals surface area contributed by atoms with Crippen LogP contribution in [-0.4, -0.2) is 24.1 Å². The van der Waals surface area contributed by atoms with E-state index in [1.165, 1.54) is 11.1 Å². The van der Waals surface area contributed by atoms with Crippen LogP contribution < -0.4 is 0 Å². The first-order valence-electron chi connectivity index (χ1n) is 5.31. The minimum atomic E-state index is -0.255. The number of allylic oxidation sites excluding steroid dienone is 4. The highest BCUT2D eigenvalue weighted by Crippen LogP contribution is 2.24. The van der Waals surface area contributed by atoms with Gasteiger partial charge in [0.2, 0.25) is 0 Å². The van der Waals surface area contributed by atoms with Crippen molar-refractivity contribution in [2.75, 3.05) is 13.2 Å². The van der Waals surface area contributed by atoms with Crippen LogP contribution in [-0.2, 0) is 4.74 Å². The molecular weight excluding hydrogens is 190 g/mol. The Bertz CT molecular complexity index is 353. The molecule has 0 bridgehead atoms. The molecule has 1 amide bonds. The van der Waals surface area contributed by atoms with Crippen LogP contribution in [0, 0.1) is 0 Å². The number of nitrogens with zero attached hydrogens (tertiary/aromatic N) is 1. The van der Waals surface area contributed by atoms with Gasteiger partial charge in [-0.15, -0.1) is 0 Å². The van der Waals surface area contributed by atoms with Gasteiger partial charge >= 0.3 is 6.09 Å². The molecule has 1 heterocycles. The van der Waals surface area contributed by atoms with Gasteiger partial charge in [-0.3, -0.25) is 4.90 Å². The minimum Gasteiger partial charge on any atom is -0.449 e. The van der Waals surface area contributed by atoms with Crippen molar-refractivity contribution in [3.05, 3.63) is 35.6 Å². The van der Waals surface area contributed by atoms with E-state index < -0.39 is 0 Å². The first kappa shape index (κ1) is 10.0. The van der Waals surface area contributed by atoms with E-state index in [1.54, 1.807) is 11.1 Å². The fourth-order valence-corrected chi connectivity index (χ4v) is 1.83. The second kappa shape index (κ2) is 4.34. The number of rotatable bonds is 1. The summed E-state index contributed by atoms with van der Waals surface area (Å²) in [5.74, 6) is 0. The van der Waals surface area contributed by atoms with E-state index >= 15 is 0 Å². The molecule has 3 nitrogen and oxygen atoms in total. The maximum Gasteiger partial charge on any atom is 0.414 e. The Morgan fingerprint density at radius 3 is 3.20 bits per heavy atom. The zero-order chi connectivity index (χ0) is 10.7. The van der Waals surface area contributed by atoms with Crippen molar-refractivity contribution < 1.29 is 9.53 Å². The Morgan fingerprint density at radius 1 is 1.53 bits per heavy atom. The number of carbonyl (C=O) groups excluding carboxylic acids is 1. The molecule has 0 atom stereocenters. The third kappa shape index (κ3) is 2.12. The second-order valence-corrected chi connectivity index (χ2v) is 3.64. The molecule has 0 aromatic heterocycles. The highest BCUT2D eigenvalue weighted by Gasteiger charge is 2.19. The van der Waals surface area contributed by atoms with Crippen LogP contribution in [0.1, 0.15) is 19.8 Å². The third-order valence-electron chi connectivity index (χ3n) is 2.62. The summed E-state index contributed by atoms with van der Waals surface area (Å²) in [4.78, 5) is 13.1. The number of hydrogen-bond acceptors (Lipinski definition) is 2. The largest absolute Gasteiger partial charge is 0.449 e. The predicted octanol–water partition coefficient (Wildman–Crippen LogP) is 2.62.